The molecular weight excluding hydrogens is 381 g/mol. The fourth-order valence-electron chi connectivity index (χ4n) is 2.68. The molecule has 0 atom stereocenters. The third-order valence-corrected chi connectivity index (χ3v) is 4.09. The van der Waals surface area contributed by atoms with Crippen molar-refractivity contribution >= 4 is 11.6 Å². The van der Waals surface area contributed by atoms with Crippen LogP contribution in [0.4, 0.5) is 18.9 Å². The van der Waals surface area contributed by atoms with Gasteiger partial charge < -0.3 is 5.32 Å². The molecule has 0 fully saturated rings. The number of amides is 1. The summed E-state index contributed by atoms with van der Waals surface area (Å²) in [4.78, 5) is 16.8. The van der Waals surface area contributed by atoms with Crippen molar-refractivity contribution in [1.29, 1.82) is 0 Å². The van der Waals surface area contributed by atoms with Gasteiger partial charge >= 0.3 is 0 Å². The van der Waals surface area contributed by atoms with Crippen LogP contribution in [0.1, 0.15) is 10.6 Å². The molecular formula is C21H13F3N4O. The van der Waals surface area contributed by atoms with E-state index in [2.05, 4.69) is 15.4 Å². The Morgan fingerprint density at radius 2 is 1.28 bits per heavy atom. The van der Waals surface area contributed by atoms with Gasteiger partial charge in [0.2, 0.25) is 5.82 Å². The third kappa shape index (κ3) is 4.01. The highest BCUT2D eigenvalue weighted by molar-refractivity contribution is 6.01. The van der Waals surface area contributed by atoms with Crippen LogP contribution in [0.25, 0.3) is 17.1 Å². The molecule has 1 amide bonds. The maximum absolute atomic E-state index is 13.3. The highest BCUT2D eigenvalue weighted by atomic mass is 19.1. The first-order chi connectivity index (χ1) is 14.0. The summed E-state index contributed by atoms with van der Waals surface area (Å²) in [6.07, 6.45) is 0. The number of anilines is 1. The van der Waals surface area contributed by atoms with Gasteiger partial charge in [0, 0.05) is 11.3 Å². The number of nitrogens with zero attached hydrogens (tertiary/aromatic N) is 3. The van der Waals surface area contributed by atoms with E-state index in [1.165, 1.54) is 77.5 Å². The van der Waals surface area contributed by atoms with E-state index in [4.69, 9.17) is 0 Å². The fraction of sp³-hybridized carbons (Fsp3) is 0. The predicted molar refractivity (Wildman–Crippen MR) is 101 cm³/mol. The average Bonchev–Trinajstić information content (AvgIpc) is 3.16. The minimum Gasteiger partial charge on any atom is -0.319 e. The average molecular weight is 394 g/mol. The van der Waals surface area contributed by atoms with Crippen LogP contribution in [0.2, 0.25) is 0 Å². The van der Waals surface area contributed by atoms with Crippen LogP contribution >= 0.6 is 0 Å². The molecule has 1 N–H and O–H groups in total. The van der Waals surface area contributed by atoms with Crippen LogP contribution < -0.4 is 5.32 Å². The molecule has 1 heterocycles. The van der Waals surface area contributed by atoms with E-state index in [-0.39, 0.29) is 11.6 Å². The first kappa shape index (κ1) is 18.4. The van der Waals surface area contributed by atoms with Crippen LogP contribution in [0, 0.1) is 17.5 Å². The normalized spacial score (nSPS) is 10.7. The SMILES string of the molecule is O=C(Nc1ccc(F)cc1)c1nc(-c2ccc(F)cc2)n(-c2ccc(F)cc2)n1. The van der Waals surface area contributed by atoms with Gasteiger partial charge in [0.25, 0.3) is 5.91 Å². The van der Waals surface area contributed by atoms with Crippen LogP contribution in [-0.2, 0) is 0 Å². The molecule has 4 aromatic rings. The van der Waals surface area contributed by atoms with Gasteiger partial charge in [-0.05, 0) is 72.8 Å². The first-order valence-electron chi connectivity index (χ1n) is 8.55. The van der Waals surface area contributed by atoms with Gasteiger partial charge in [-0.25, -0.2) is 22.8 Å². The van der Waals surface area contributed by atoms with E-state index in [0.29, 0.717) is 16.9 Å². The van der Waals surface area contributed by atoms with Gasteiger partial charge in [-0.15, -0.1) is 5.10 Å². The Labute approximate surface area is 163 Å². The lowest BCUT2D eigenvalue weighted by atomic mass is 10.2. The fourth-order valence-corrected chi connectivity index (χ4v) is 2.68. The molecule has 0 radical (unpaired) electrons. The summed E-state index contributed by atoms with van der Waals surface area (Å²) >= 11 is 0. The topological polar surface area (TPSA) is 59.8 Å². The number of rotatable bonds is 4. The lowest BCUT2D eigenvalue weighted by molar-refractivity contribution is 0.101. The van der Waals surface area contributed by atoms with Crippen molar-refractivity contribution in [3.05, 3.63) is 96.1 Å². The summed E-state index contributed by atoms with van der Waals surface area (Å²) in [5.41, 5.74) is 1.36. The molecule has 0 bridgehead atoms. The Hall–Kier alpha value is -3.94. The van der Waals surface area contributed by atoms with E-state index >= 15 is 0 Å². The summed E-state index contributed by atoms with van der Waals surface area (Å²) in [7, 11) is 0. The van der Waals surface area contributed by atoms with Crippen molar-refractivity contribution < 1.29 is 18.0 Å². The molecule has 8 heteroatoms. The van der Waals surface area contributed by atoms with Crippen LogP contribution in [-0.4, -0.2) is 20.7 Å². The lowest BCUT2D eigenvalue weighted by Gasteiger charge is -2.05. The van der Waals surface area contributed by atoms with Crippen LogP contribution in [0.5, 0.6) is 0 Å². The maximum Gasteiger partial charge on any atom is 0.295 e. The van der Waals surface area contributed by atoms with Crippen molar-refractivity contribution in [2.45, 2.75) is 0 Å². The Kier molecular flexibility index (Phi) is 4.82. The highest BCUT2D eigenvalue weighted by Crippen LogP contribution is 2.22. The molecule has 1 aromatic heterocycles. The van der Waals surface area contributed by atoms with E-state index in [1.807, 2.05) is 0 Å². The number of carbonyl (C=O) groups is 1. The largest absolute Gasteiger partial charge is 0.319 e. The quantitative estimate of drug-likeness (QED) is 0.550. The number of hydrogen-bond donors (Lipinski definition) is 1. The van der Waals surface area contributed by atoms with Gasteiger partial charge in [0.15, 0.2) is 5.82 Å². The van der Waals surface area contributed by atoms with Gasteiger partial charge in [-0.2, -0.15) is 0 Å². The standard InChI is InChI=1S/C21H13F3N4O/c22-14-3-1-13(2-4-14)20-26-19(21(29)25-17-9-5-15(23)6-10-17)27-28(20)18-11-7-16(24)8-12-18/h1-12H,(H,25,29). The summed E-state index contributed by atoms with van der Waals surface area (Å²) in [6, 6.07) is 16.2. The second-order valence-electron chi connectivity index (χ2n) is 6.12. The molecule has 4 rings (SSSR count). The molecule has 0 saturated heterocycles. The molecule has 0 saturated carbocycles. The number of halogens is 3. The Morgan fingerprint density at radius 1 is 0.759 bits per heavy atom. The summed E-state index contributed by atoms with van der Waals surface area (Å²) in [5.74, 6) is -1.76. The zero-order valence-electron chi connectivity index (χ0n) is 14.8. The second kappa shape index (κ2) is 7.59. The maximum atomic E-state index is 13.3. The van der Waals surface area contributed by atoms with Gasteiger partial charge in [0.05, 0.1) is 5.69 Å². The third-order valence-electron chi connectivity index (χ3n) is 4.09. The number of nitrogens with one attached hydrogen (secondary N) is 1. The summed E-state index contributed by atoms with van der Waals surface area (Å²) < 4.78 is 41.0. The van der Waals surface area contributed by atoms with Gasteiger partial charge in [-0.1, -0.05) is 0 Å². The Balaban J connectivity index is 1.74. The van der Waals surface area contributed by atoms with E-state index < -0.39 is 23.4 Å². The molecule has 29 heavy (non-hydrogen) atoms. The molecule has 0 aliphatic carbocycles. The highest BCUT2D eigenvalue weighted by Gasteiger charge is 2.19. The smallest absolute Gasteiger partial charge is 0.295 e. The minimum absolute atomic E-state index is 0.155. The monoisotopic (exact) mass is 394 g/mol. The summed E-state index contributed by atoms with van der Waals surface area (Å²) in [6.45, 7) is 0. The Morgan fingerprint density at radius 3 is 1.86 bits per heavy atom. The van der Waals surface area contributed by atoms with Crippen molar-refractivity contribution in [2.75, 3.05) is 5.32 Å². The molecule has 0 spiro atoms. The van der Waals surface area contributed by atoms with Crippen LogP contribution in [0.15, 0.2) is 72.8 Å². The lowest BCUT2D eigenvalue weighted by Crippen LogP contribution is -2.14. The van der Waals surface area contributed by atoms with E-state index in [0.717, 1.165) is 0 Å². The van der Waals surface area contributed by atoms with Gasteiger partial charge in [-0.3, -0.25) is 4.79 Å². The van der Waals surface area contributed by atoms with Gasteiger partial charge in [0.1, 0.15) is 17.5 Å². The Bertz CT molecular complexity index is 1090. The molecule has 5 nitrogen and oxygen atoms in total. The van der Waals surface area contributed by atoms with Crippen molar-refractivity contribution in [1.82, 2.24) is 14.8 Å². The van der Waals surface area contributed by atoms with Crippen molar-refractivity contribution in [2.24, 2.45) is 0 Å². The zero-order valence-corrected chi connectivity index (χ0v) is 14.8. The summed E-state index contributed by atoms with van der Waals surface area (Å²) in [5, 5.41) is 6.81. The van der Waals surface area contributed by atoms with E-state index in [1.54, 1.807) is 0 Å². The molecule has 0 unspecified atom stereocenters. The number of benzene rings is 3. The van der Waals surface area contributed by atoms with Crippen LogP contribution in [0.3, 0.4) is 0 Å². The van der Waals surface area contributed by atoms with E-state index in [9.17, 15) is 18.0 Å². The zero-order chi connectivity index (χ0) is 20.4. The minimum atomic E-state index is -0.610. The molecule has 144 valence electrons. The first-order valence-corrected chi connectivity index (χ1v) is 8.55. The second-order valence-corrected chi connectivity index (χ2v) is 6.12. The molecule has 0 aliphatic heterocycles. The van der Waals surface area contributed by atoms with Crippen molar-refractivity contribution in [3.8, 4) is 17.1 Å². The molecule has 0 aliphatic rings. The number of carbonyl (C=O) groups excluding carboxylic acids is 1. The number of aromatic nitrogens is 3. The molecule has 3 aromatic carbocycles. The predicted octanol–water partition coefficient (Wildman–Crippen LogP) is 4.60. The van der Waals surface area contributed by atoms with Crippen molar-refractivity contribution in [3.63, 3.8) is 0 Å². The number of hydrogen-bond acceptors (Lipinski definition) is 3.